The first kappa shape index (κ1) is 13.5. The Morgan fingerprint density at radius 1 is 1.37 bits per heavy atom. The summed E-state index contributed by atoms with van der Waals surface area (Å²) in [7, 11) is -1.68. The molecule has 19 heavy (non-hydrogen) atoms. The highest BCUT2D eigenvalue weighted by Gasteiger charge is 2.17. The Bertz CT molecular complexity index is 671. The molecular weight excluding hydrogens is 256 g/mol. The molecule has 0 fully saturated rings. The van der Waals surface area contributed by atoms with Gasteiger partial charge in [0.1, 0.15) is 0 Å². The summed E-state index contributed by atoms with van der Waals surface area (Å²) in [5.41, 5.74) is 0.645. The molecule has 0 amide bonds. The highest BCUT2D eigenvalue weighted by molar-refractivity contribution is 6.70. The summed E-state index contributed by atoms with van der Waals surface area (Å²) in [6.45, 7) is 10.5. The number of nitrogens with zero attached hydrogens (tertiary/aromatic N) is 2. The van der Waals surface area contributed by atoms with Crippen molar-refractivity contribution in [2.75, 3.05) is 0 Å². The summed E-state index contributed by atoms with van der Waals surface area (Å²) in [4.78, 5) is 16.5. The van der Waals surface area contributed by atoms with Crippen molar-refractivity contribution in [1.82, 2.24) is 9.55 Å². The molecule has 100 valence electrons. The average molecular weight is 274 g/mol. The summed E-state index contributed by atoms with van der Waals surface area (Å²) in [5.74, 6) is 0.610. The number of aromatic nitrogens is 2. The Labute approximate surface area is 113 Å². The number of fused-ring (bicyclic) bond motifs is 1. The van der Waals surface area contributed by atoms with E-state index in [9.17, 15) is 4.79 Å². The second kappa shape index (κ2) is 5.01. The van der Waals surface area contributed by atoms with Gasteiger partial charge in [-0.25, -0.2) is 4.98 Å². The largest absolute Gasteiger partial charge is 0.546 e. The van der Waals surface area contributed by atoms with Gasteiger partial charge in [-0.3, -0.25) is 9.36 Å². The fraction of sp³-hybridized carbons (Fsp3) is 0.286. The zero-order chi connectivity index (χ0) is 14.0. The van der Waals surface area contributed by atoms with Crippen LogP contribution in [0, 0.1) is 0 Å². The van der Waals surface area contributed by atoms with Crippen LogP contribution in [0.15, 0.2) is 47.7 Å². The Hall–Kier alpha value is -1.88. The maximum atomic E-state index is 12.3. The molecule has 0 atom stereocenters. The molecule has 2 aromatic rings. The van der Waals surface area contributed by atoms with Crippen LogP contribution in [0.3, 0.4) is 0 Å². The van der Waals surface area contributed by atoms with Gasteiger partial charge in [0.25, 0.3) is 5.56 Å². The van der Waals surface area contributed by atoms with Gasteiger partial charge in [-0.1, -0.05) is 18.7 Å². The number of benzene rings is 1. The van der Waals surface area contributed by atoms with Gasteiger partial charge >= 0.3 is 0 Å². The molecule has 4 nitrogen and oxygen atoms in total. The van der Waals surface area contributed by atoms with E-state index < -0.39 is 8.32 Å². The molecule has 2 rings (SSSR count). The third-order valence-corrected chi connectivity index (χ3v) is 3.43. The average Bonchev–Trinajstić information content (AvgIpc) is 2.31. The van der Waals surface area contributed by atoms with Crippen molar-refractivity contribution in [2.45, 2.75) is 26.2 Å². The first-order valence-electron chi connectivity index (χ1n) is 6.18. The number of para-hydroxylation sites is 1. The van der Waals surface area contributed by atoms with Gasteiger partial charge < -0.3 is 4.43 Å². The second-order valence-electron chi connectivity index (χ2n) is 5.45. The van der Waals surface area contributed by atoms with E-state index in [1.807, 2.05) is 18.2 Å². The molecule has 0 aliphatic heterocycles. The lowest BCUT2D eigenvalue weighted by molar-refractivity contribution is 0.387. The van der Waals surface area contributed by atoms with Crippen LogP contribution < -0.4 is 5.56 Å². The summed E-state index contributed by atoms with van der Waals surface area (Å²) < 4.78 is 7.30. The van der Waals surface area contributed by atoms with Crippen molar-refractivity contribution in [3.05, 3.63) is 53.3 Å². The van der Waals surface area contributed by atoms with Crippen LogP contribution in [0.1, 0.15) is 0 Å². The topological polar surface area (TPSA) is 44.1 Å². The Morgan fingerprint density at radius 2 is 2.05 bits per heavy atom. The van der Waals surface area contributed by atoms with Crippen molar-refractivity contribution in [1.29, 1.82) is 0 Å². The molecule has 5 heteroatoms. The van der Waals surface area contributed by atoms with Gasteiger partial charge in [0.2, 0.25) is 8.32 Å². The summed E-state index contributed by atoms with van der Waals surface area (Å²) in [6, 6.07) is 7.31. The van der Waals surface area contributed by atoms with Crippen molar-refractivity contribution in [2.24, 2.45) is 0 Å². The fourth-order valence-corrected chi connectivity index (χ4v) is 2.80. The van der Waals surface area contributed by atoms with Crippen LogP contribution in [0.4, 0.5) is 0 Å². The Balaban J connectivity index is 2.29. The van der Waals surface area contributed by atoms with Gasteiger partial charge in [0.05, 0.1) is 29.5 Å². The minimum Gasteiger partial charge on any atom is -0.546 e. The molecule has 0 spiro atoms. The van der Waals surface area contributed by atoms with Crippen LogP contribution in [0.25, 0.3) is 10.9 Å². The highest BCUT2D eigenvalue weighted by Crippen LogP contribution is 2.11. The standard InChI is InChI=1S/C14H18N2O2Si/c1-11(18-19(2,3)4)9-16-10-15-13-8-6-5-7-12(13)14(16)17/h5-8,10H,1,9H2,2-4H3. The molecule has 0 aliphatic carbocycles. The van der Waals surface area contributed by atoms with E-state index in [1.54, 1.807) is 12.4 Å². The van der Waals surface area contributed by atoms with Gasteiger partial charge in [-0.05, 0) is 31.8 Å². The monoisotopic (exact) mass is 274 g/mol. The molecule has 0 unspecified atom stereocenters. The van der Waals surface area contributed by atoms with E-state index in [4.69, 9.17) is 4.43 Å². The summed E-state index contributed by atoms with van der Waals surface area (Å²) in [5, 5.41) is 0.616. The third kappa shape index (κ3) is 3.32. The fourth-order valence-electron chi connectivity index (χ4n) is 1.87. The number of hydrogen-bond donors (Lipinski definition) is 0. The molecule has 0 N–H and O–H groups in total. The molecule has 1 heterocycles. The maximum Gasteiger partial charge on any atom is 0.261 e. The van der Waals surface area contributed by atoms with Crippen LogP contribution >= 0.6 is 0 Å². The first-order valence-corrected chi connectivity index (χ1v) is 9.58. The minimum atomic E-state index is -1.68. The summed E-state index contributed by atoms with van der Waals surface area (Å²) in [6.07, 6.45) is 1.55. The smallest absolute Gasteiger partial charge is 0.261 e. The highest BCUT2D eigenvalue weighted by atomic mass is 28.4. The zero-order valence-corrected chi connectivity index (χ0v) is 12.5. The van der Waals surface area contributed by atoms with Gasteiger partial charge in [-0.15, -0.1) is 0 Å². The predicted molar refractivity (Wildman–Crippen MR) is 79.6 cm³/mol. The van der Waals surface area contributed by atoms with Gasteiger partial charge in [0, 0.05) is 0 Å². The molecule has 0 saturated heterocycles. The van der Waals surface area contributed by atoms with Crippen LogP contribution in [-0.4, -0.2) is 17.9 Å². The van der Waals surface area contributed by atoms with E-state index in [-0.39, 0.29) is 5.56 Å². The quantitative estimate of drug-likeness (QED) is 0.636. The lowest BCUT2D eigenvalue weighted by Crippen LogP contribution is -2.28. The van der Waals surface area contributed by atoms with Gasteiger partial charge in [0.15, 0.2) is 0 Å². The first-order chi connectivity index (χ1) is 8.87. The third-order valence-electron chi connectivity index (χ3n) is 2.53. The Kier molecular flexibility index (Phi) is 3.57. The summed E-state index contributed by atoms with van der Waals surface area (Å²) >= 11 is 0. The Morgan fingerprint density at radius 3 is 2.74 bits per heavy atom. The normalized spacial score (nSPS) is 11.5. The van der Waals surface area contributed by atoms with E-state index in [1.165, 1.54) is 4.57 Å². The number of hydrogen-bond acceptors (Lipinski definition) is 3. The molecular formula is C14H18N2O2Si. The van der Waals surface area contributed by atoms with Crippen molar-refractivity contribution in [3.63, 3.8) is 0 Å². The molecule has 0 radical (unpaired) electrons. The van der Waals surface area contributed by atoms with Crippen molar-refractivity contribution >= 4 is 19.2 Å². The predicted octanol–water partition coefficient (Wildman–Crippen LogP) is 2.76. The molecule has 0 aliphatic rings. The molecule has 0 bridgehead atoms. The number of allylic oxidation sites excluding steroid dienone is 1. The minimum absolute atomic E-state index is 0.0640. The van der Waals surface area contributed by atoms with E-state index in [0.29, 0.717) is 23.2 Å². The number of rotatable bonds is 4. The zero-order valence-electron chi connectivity index (χ0n) is 11.5. The van der Waals surface area contributed by atoms with E-state index in [0.717, 1.165) is 0 Å². The molecule has 1 aromatic carbocycles. The van der Waals surface area contributed by atoms with E-state index in [2.05, 4.69) is 31.2 Å². The van der Waals surface area contributed by atoms with Crippen molar-refractivity contribution < 1.29 is 4.43 Å². The SMILES string of the molecule is C=C(Cn1cnc2ccccc2c1=O)O[Si](C)(C)C. The van der Waals surface area contributed by atoms with Gasteiger partial charge in [-0.2, -0.15) is 0 Å². The van der Waals surface area contributed by atoms with E-state index >= 15 is 0 Å². The molecule has 1 aromatic heterocycles. The second-order valence-corrected chi connectivity index (χ2v) is 9.88. The maximum absolute atomic E-state index is 12.3. The lowest BCUT2D eigenvalue weighted by Gasteiger charge is -2.21. The van der Waals surface area contributed by atoms with Crippen LogP contribution in [0.5, 0.6) is 0 Å². The van der Waals surface area contributed by atoms with Crippen molar-refractivity contribution in [3.8, 4) is 0 Å². The van der Waals surface area contributed by atoms with Crippen LogP contribution in [0.2, 0.25) is 19.6 Å². The lowest BCUT2D eigenvalue weighted by atomic mass is 10.2. The molecule has 0 saturated carbocycles. The van der Waals surface area contributed by atoms with Crippen LogP contribution in [-0.2, 0) is 11.0 Å².